The summed E-state index contributed by atoms with van der Waals surface area (Å²) in [6, 6.07) is 0. The minimum absolute atomic E-state index is 0.0447. The lowest BCUT2D eigenvalue weighted by molar-refractivity contribution is -0.146. The smallest absolute Gasteiger partial charge is 0.310 e. The van der Waals surface area contributed by atoms with E-state index in [9.17, 15) is 4.79 Å². The summed E-state index contributed by atoms with van der Waals surface area (Å²) in [5.74, 6) is 0.813. The van der Waals surface area contributed by atoms with Crippen molar-refractivity contribution in [2.45, 2.75) is 13.5 Å². The molecule has 0 saturated carbocycles. The highest BCUT2D eigenvalue weighted by molar-refractivity contribution is 5.73. The van der Waals surface area contributed by atoms with Gasteiger partial charge in [0.2, 0.25) is 0 Å². The molecule has 0 spiro atoms. The predicted molar refractivity (Wildman–Crippen MR) is 58.7 cm³/mol. The van der Waals surface area contributed by atoms with Crippen molar-refractivity contribution in [2.75, 3.05) is 20.2 Å². The molecule has 1 fully saturated rings. The number of methoxy groups -OCH3 is 1. The number of hydrogen-bond donors (Lipinski definition) is 0. The van der Waals surface area contributed by atoms with Crippen molar-refractivity contribution < 1.29 is 9.53 Å². The Labute approximate surface area is 99.7 Å². The van der Waals surface area contributed by atoms with E-state index in [-0.39, 0.29) is 11.9 Å². The first-order valence-corrected chi connectivity index (χ1v) is 5.63. The normalized spacial score (nSPS) is 25.1. The van der Waals surface area contributed by atoms with Gasteiger partial charge in [0.15, 0.2) is 5.82 Å². The molecule has 17 heavy (non-hydrogen) atoms. The van der Waals surface area contributed by atoms with E-state index in [2.05, 4.69) is 27.2 Å². The van der Waals surface area contributed by atoms with Gasteiger partial charge in [-0.3, -0.25) is 9.69 Å². The quantitative estimate of drug-likeness (QED) is 0.659. The second kappa shape index (κ2) is 4.79. The molecule has 1 aromatic rings. The highest BCUT2D eigenvalue weighted by Gasteiger charge is 2.35. The molecule has 7 heteroatoms. The van der Waals surface area contributed by atoms with Gasteiger partial charge >= 0.3 is 5.97 Å². The van der Waals surface area contributed by atoms with Gasteiger partial charge in [0.1, 0.15) is 0 Å². The monoisotopic (exact) mass is 239 g/mol. The Bertz CT molecular complexity index is 405. The third kappa shape index (κ3) is 2.60. The lowest BCUT2D eigenvalue weighted by Gasteiger charge is -2.12. The summed E-state index contributed by atoms with van der Waals surface area (Å²) in [5, 5.41) is 11.8. The Morgan fingerprint density at radius 2 is 2.29 bits per heavy atom. The number of carbonyl (C=O) groups excluding carboxylic acids is 1. The van der Waals surface area contributed by atoms with E-state index in [0.29, 0.717) is 24.8 Å². The van der Waals surface area contributed by atoms with E-state index in [4.69, 9.17) is 4.74 Å². The van der Waals surface area contributed by atoms with Crippen LogP contribution in [0.15, 0.2) is 0 Å². The fraction of sp³-hybridized carbons (Fsp3) is 0.800. The van der Waals surface area contributed by atoms with Crippen LogP contribution in [0.5, 0.6) is 0 Å². The zero-order chi connectivity index (χ0) is 12.4. The van der Waals surface area contributed by atoms with Crippen LogP contribution in [0.1, 0.15) is 12.7 Å². The van der Waals surface area contributed by atoms with E-state index in [1.807, 2.05) is 0 Å². The maximum atomic E-state index is 11.5. The van der Waals surface area contributed by atoms with Gasteiger partial charge in [0.25, 0.3) is 0 Å². The van der Waals surface area contributed by atoms with Crippen molar-refractivity contribution in [3.05, 3.63) is 5.82 Å². The molecule has 7 nitrogen and oxygen atoms in total. The average molecular weight is 239 g/mol. The molecule has 2 atom stereocenters. The first-order chi connectivity index (χ1) is 8.10. The van der Waals surface area contributed by atoms with Crippen molar-refractivity contribution in [1.82, 2.24) is 25.1 Å². The molecule has 0 N–H and O–H groups in total. The number of esters is 1. The van der Waals surface area contributed by atoms with Crippen molar-refractivity contribution in [3.8, 4) is 0 Å². The first-order valence-electron chi connectivity index (χ1n) is 5.63. The lowest BCUT2D eigenvalue weighted by atomic mass is 9.99. The Morgan fingerprint density at radius 3 is 2.88 bits per heavy atom. The maximum Gasteiger partial charge on any atom is 0.310 e. The van der Waals surface area contributed by atoms with Crippen molar-refractivity contribution in [1.29, 1.82) is 0 Å². The molecule has 1 aliphatic rings. The first kappa shape index (κ1) is 12.0. The molecule has 2 heterocycles. The van der Waals surface area contributed by atoms with Crippen LogP contribution < -0.4 is 0 Å². The van der Waals surface area contributed by atoms with Crippen molar-refractivity contribution >= 4 is 5.97 Å². The number of nitrogens with zero attached hydrogens (tertiary/aromatic N) is 5. The number of tetrazole rings is 1. The number of aromatic nitrogens is 4. The van der Waals surface area contributed by atoms with E-state index in [1.54, 1.807) is 7.05 Å². The fourth-order valence-electron chi connectivity index (χ4n) is 2.24. The van der Waals surface area contributed by atoms with Gasteiger partial charge in [0.05, 0.1) is 26.6 Å². The highest BCUT2D eigenvalue weighted by Crippen LogP contribution is 2.24. The topological polar surface area (TPSA) is 73.1 Å². The number of hydrogen-bond acceptors (Lipinski definition) is 6. The van der Waals surface area contributed by atoms with E-state index < -0.39 is 0 Å². The van der Waals surface area contributed by atoms with Crippen LogP contribution in [-0.4, -0.2) is 51.3 Å². The summed E-state index contributed by atoms with van der Waals surface area (Å²) in [5.41, 5.74) is 0. The maximum absolute atomic E-state index is 11.5. The van der Waals surface area contributed by atoms with Crippen LogP contribution in [0.25, 0.3) is 0 Å². The van der Waals surface area contributed by atoms with Crippen molar-refractivity contribution in [3.63, 3.8) is 0 Å². The number of rotatable bonds is 3. The largest absolute Gasteiger partial charge is 0.469 e. The molecule has 0 aliphatic carbocycles. The van der Waals surface area contributed by atoms with Gasteiger partial charge in [-0.05, 0) is 11.1 Å². The molecule has 2 unspecified atom stereocenters. The highest BCUT2D eigenvalue weighted by atomic mass is 16.5. The second-order valence-corrected chi connectivity index (χ2v) is 4.50. The third-order valence-electron chi connectivity index (χ3n) is 3.11. The van der Waals surface area contributed by atoms with Crippen LogP contribution >= 0.6 is 0 Å². The van der Waals surface area contributed by atoms with E-state index in [0.717, 1.165) is 6.54 Å². The molecule has 0 amide bonds. The summed E-state index contributed by atoms with van der Waals surface area (Å²) in [6.07, 6.45) is 0. The van der Waals surface area contributed by atoms with Crippen LogP contribution in [0.2, 0.25) is 0 Å². The zero-order valence-corrected chi connectivity index (χ0v) is 10.3. The van der Waals surface area contributed by atoms with E-state index in [1.165, 1.54) is 11.9 Å². The second-order valence-electron chi connectivity index (χ2n) is 4.50. The molecular weight excluding hydrogens is 222 g/mol. The van der Waals surface area contributed by atoms with Crippen molar-refractivity contribution in [2.24, 2.45) is 18.9 Å². The molecule has 0 bridgehead atoms. The summed E-state index contributed by atoms with van der Waals surface area (Å²) < 4.78 is 4.79. The van der Waals surface area contributed by atoms with Crippen LogP contribution in [-0.2, 0) is 23.1 Å². The molecule has 2 rings (SSSR count). The van der Waals surface area contributed by atoms with Gasteiger partial charge in [-0.1, -0.05) is 6.92 Å². The molecule has 0 radical (unpaired) electrons. The average Bonchev–Trinajstić information content (AvgIpc) is 2.85. The molecule has 94 valence electrons. The van der Waals surface area contributed by atoms with Gasteiger partial charge < -0.3 is 4.74 Å². The summed E-state index contributed by atoms with van der Waals surface area (Å²) >= 11 is 0. The Balaban J connectivity index is 1.95. The summed E-state index contributed by atoms with van der Waals surface area (Å²) in [7, 11) is 3.17. The van der Waals surface area contributed by atoms with Gasteiger partial charge in [0, 0.05) is 13.1 Å². The van der Waals surface area contributed by atoms with Crippen LogP contribution in [0, 0.1) is 11.8 Å². The number of likely N-dealkylation sites (tertiary alicyclic amines) is 1. The minimum Gasteiger partial charge on any atom is -0.469 e. The minimum atomic E-state index is -0.132. The fourth-order valence-corrected chi connectivity index (χ4v) is 2.24. The predicted octanol–water partition coefficient (Wildman–Crippen LogP) is -0.549. The number of ether oxygens (including phenoxy) is 1. The Morgan fingerprint density at radius 1 is 1.53 bits per heavy atom. The number of carbonyl (C=O) groups is 1. The molecule has 1 saturated heterocycles. The Hall–Kier alpha value is -1.50. The SMILES string of the molecule is COC(=O)C1CN(Cc2nnn(C)n2)CC1C. The standard InChI is InChI=1S/C10H17N5O2/c1-7-4-15(5-8(7)10(16)17-3)6-9-11-13-14(2)12-9/h7-8H,4-6H2,1-3H3. The van der Waals surface area contributed by atoms with Crippen LogP contribution in [0.4, 0.5) is 0 Å². The zero-order valence-electron chi connectivity index (χ0n) is 10.3. The van der Waals surface area contributed by atoms with Gasteiger partial charge in [-0.15, -0.1) is 10.2 Å². The van der Waals surface area contributed by atoms with Gasteiger partial charge in [-0.25, -0.2) is 0 Å². The molecule has 0 aromatic carbocycles. The summed E-state index contributed by atoms with van der Waals surface area (Å²) in [4.78, 5) is 15.1. The van der Waals surface area contributed by atoms with Gasteiger partial charge in [-0.2, -0.15) is 4.80 Å². The molecule has 1 aromatic heterocycles. The lowest BCUT2D eigenvalue weighted by Crippen LogP contribution is -2.24. The summed E-state index contributed by atoms with van der Waals surface area (Å²) in [6.45, 7) is 4.25. The molecule has 1 aliphatic heterocycles. The third-order valence-corrected chi connectivity index (χ3v) is 3.11. The number of aryl methyl sites for hydroxylation is 1. The van der Waals surface area contributed by atoms with Crippen LogP contribution in [0.3, 0.4) is 0 Å². The molecular formula is C10H17N5O2. The Kier molecular flexibility index (Phi) is 3.37. The van der Waals surface area contributed by atoms with E-state index >= 15 is 0 Å².